The fraction of sp³-hybridized carbons (Fsp3) is 0.500. The van der Waals surface area contributed by atoms with Gasteiger partial charge in [-0.2, -0.15) is 0 Å². The van der Waals surface area contributed by atoms with E-state index >= 15 is 0 Å². The molecule has 0 heterocycles. The third-order valence-corrected chi connectivity index (χ3v) is 3.82. The third-order valence-electron chi connectivity index (χ3n) is 3.82. The first-order valence-corrected chi connectivity index (χ1v) is 6.26. The van der Waals surface area contributed by atoms with E-state index in [1.165, 1.54) is 18.2 Å². The van der Waals surface area contributed by atoms with Crippen molar-refractivity contribution in [2.24, 2.45) is 5.41 Å². The molecule has 1 aliphatic rings. The summed E-state index contributed by atoms with van der Waals surface area (Å²) in [6.07, 6.45) is 3.17. The van der Waals surface area contributed by atoms with Gasteiger partial charge in [-0.25, -0.2) is 4.39 Å². The average molecular weight is 250 g/mol. The monoisotopic (exact) mass is 250 g/mol. The molecule has 98 valence electrons. The Morgan fingerprint density at radius 3 is 2.83 bits per heavy atom. The topological polar surface area (TPSA) is 55.1 Å². The summed E-state index contributed by atoms with van der Waals surface area (Å²) in [5.74, 6) is -0.730. The van der Waals surface area contributed by atoms with Gasteiger partial charge in [-0.1, -0.05) is 20.3 Å². The van der Waals surface area contributed by atoms with Gasteiger partial charge in [-0.05, 0) is 36.5 Å². The molecule has 1 atom stereocenters. The molecule has 0 aromatic heterocycles. The van der Waals surface area contributed by atoms with Crippen LogP contribution < -0.4 is 11.1 Å². The molecular weight excluding hydrogens is 231 g/mol. The number of carbonyl (C=O) groups is 1. The second-order valence-electron chi connectivity index (χ2n) is 5.64. The molecule has 1 amide bonds. The summed E-state index contributed by atoms with van der Waals surface area (Å²) in [5, 5.41) is 2.97. The minimum atomic E-state index is -0.444. The van der Waals surface area contributed by atoms with Crippen molar-refractivity contribution in [3.05, 3.63) is 29.6 Å². The molecule has 1 saturated carbocycles. The maximum atomic E-state index is 13.1. The number of carbonyl (C=O) groups excluding carboxylic acids is 1. The molecule has 1 aromatic carbocycles. The zero-order valence-electron chi connectivity index (χ0n) is 10.8. The Bertz CT molecular complexity index is 471. The van der Waals surface area contributed by atoms with Crippen molar-refractivity contribution >= 4 is 11.6 Å². The Labute approximate surface area is 107 Å². The number of rotatable bonds is 2. The molecule has 1 fully saturated rings. The second kappa shape index (κ2) is 4.59. The molecule has 3 nitrogen and oxygen atoms in total. The minimum Gasteiger partial charge on any atom is -0.398 e. The number of anilines is 1. The second-order valence-corrected chi connectivity index (χ2v) is 5.64. The van der Waals surface area contributed by atoms with Crippen LogP contribution in [0.4, 0.5) is 10.1 Å². The molecule has 0 radical (unpaired) electrons. The maximum absolute atomic E-state index is 13.1. The first-order valence-electron chi connectivity index (χ1n) is 6.26. The molecule has 2 rings (SSSR count). The number of amides is 1. The van der Waals surface area contributed by atoms with E-state index in [0.717, 1.165) is 19.3 Å². The van der Waals surface area contributed by atoms with Gasteiger partial charge >= 0.3 is 0 Å². The van der Waals surface area contributed by atoms with Crippen molar-refractivity contribution in [2.75, 3.05) is 5.73 Å². The van der Waals surface area contributed by atoms with Crippen LogP contribution in [0.3, 0.4) is 0 Å². The number of hydrogen-bond acceptors (Lipinski definition) is 2. The van der Waals surface area contributed by atoms with E-state index in [1.807, 2.05) is 0 Å². The highest BCUT2D eigenvalue weighted by Crippen LogP contribution is 2.37. The van der Waals surface area contributed by atoms with E-state index in [-0.39, 0.29) is 22.9 Å². The Morgan fingerprint density at radius 2 is 2.22 bits per heavy atom. The summed E-state index contributed by atoms with van der Waals surface area (Å²) in [5.41, 5.74) is 6.33. The first-order chi connectivity index (χ1) is 8.40. The number of hydrogen-bond donors (Lipinski definition) is 2. The Kier molecular flexibility index (Phi) is 3.28. The molecule has 1 unspecified atom stereocenters. The van der Waals surface area contributed by atoms with Gasteiger partial charge in [-0.3, -0.25) is 4.79 Å². The molecule has 3 N–H and O–H groups in total. The fourth-order valence-corrected chi connectivity index (χ4v) is 2.56. The molecule has 0 aliphatic heterocycles. The highest BCUT2D eigenvalue weighted by Gasteiger charge is 2.35. The van der Waals surface area contributed by atoms with Gasteiger partial charge in [0, 0.05) is 11.7 Å². The highest BCUT2D eigenvalue weighted by molar-refractivity contribution is 5.99. The quantitative estimate of drug-likeness (QED) is 0.793. The summed E-state index contributed by atoms with van der Waals surface area (Å²) in [4.78, 5) is 12.1. The maximum Gasteiger partial charge on any atom is 0.253 e. The number of benzene rings is 1. The molecule has 0 saturated heterocycles. The van der Waals surface area contributed by atoms with Crippen LogP contribution in [0.5, 0.6) is 0 Å². The van der Waals surface area contributed by atoms with Crippen molar-refractivity contribution < 1.29 is 9.18 Å². The van der Waals surface area contributed by atoms with E-state index in [4.69, 9.17) is 5.73 Å². The smallest absolute Gasteiger partial charge is 0.253 e. The Morgan fingerprint density at radius 1 is 1.50 bits per heavy atom. The van der Waals surface area contributed by atoms with E-state index in [1.54, 1.807) is 0 Å². The number of nitrogen functional groups attached to an aromatic ring is 1. The predicted molar refractivity (Wildman–Crippen MR) is 69.7 cm³/mol. The van der Waals surface area contributed by atoms with Crippen LogP contribution in [0.1, 0.15) is 43.5 Å². The van der Waals surface area contributed by atoms with Gasteiger partial charge in [0.05, 0.1) is 5.56 Å². The van der Waals surface area contributed by atoms with Crippen LogP contribution in [-0.4, -0.2) is 11.9 Å². The Balaban J connectivity index is 2.15. The van der Waals surface area contributed by atoms with E-state index < -0.39 is 5.82 Å². The SMILES string of the molecule is CC1(C)CCCC1NC(=O)c1cc(F)ccc1N. The molecule has 4 heteroatoms. The number of nitrogens with two attached hydrogens (primary N) is 1. The summed E-state index contributed by atoms with van der Waals surface area (Å²) in [7, 11) is 0. The first kappa shape index (κ1) is 12.9. The lowest BCUT2D eigenvalue weighted by Gasteiger charge is -2.28. The van der Waals surface area contributed by atoms with Gasteiger partial charge < -0.3 is 11.1 Å². The van der Waals surface area contributed by atoms with Crippen molar-refractivity contribution in [1.29, 1.82) is 0 Å². The van der Waals surface area contributed by atoms with Crippen LogP contribution >= 0.6 is 0 Å². The van der Waals surface area contributed by atoms with Crippen molar-refractivity contribution in [3.63, 3.8) is 0 Å². The summed E-state index contributed by atoms with van der Waals surface area (Å²) < 4.78 is 13.1. The molecule has 18 heavy (non-hydrogen) atoms. The summed E-state index contributed by atoms with van der Waals surface area (Å²) >= 11 is 0. The molecule has 0 spiro atoms. The fourth-order valence-electron chi connectivity index (χ4n) is 2.56. The normalized spacial score (nSPS) is 21.8. The van der Waals surface area contributed by atoms with E-state index in [9.17, 15) is 9.18 Å². The van der Waals surface area contributed by atoms with Crippen LogP contribution in [-0.2, 0) is 0 Å². The molecule has 1 aromatic rings. The molecule has 1 aliphatic carbocycles. The number of nitrogens with one attached hydrogen (secondary N) is 1. The van der Waals surface area contributed by atoms with Gasteiger partial charge in [-0.15, -0.1) is 0 Å². The average Bonchev–Trinajstić information content (AvgIpc) is 2.62. The van der Waals surface area contributed by atoms with Crippen LogP contribution in [0.25, 0.3) is 0 Å². The third kappa shape index (κ3) is 2.47. The zero-order chi connectivity index (χ0) is 13.3. The van der Waals surface area contributed by atoms with Crippen molar-refractivity contribution in [2.45, 2.75) is 39.2 Å². The van der Waals surface area contributed by atoms with Gasteiger partial charge in [0.15, 0.2) is 0 Å². The standard InChI is InChI=1S/C14H19FN2O/c1-14(2)7-3-4-12(14)17-13(18)10-8-9(15)5-6-11(10)16/h5-6,8,12H,3-4,7,16H2,1-2H3,(H,17,18). The lowest BCUT2D eigenvalue weighted by atomic mass is 9.87. The van der Waals surface area contributed by atoms with Gasteiger partial charge in [0.2, 0.25) is 0 Å². The van der Waals surface area contributed by atoms with Gasteiger partial charge in [0.1, 0.15) is 5.82 Å². The van der Waals surface area contributed by atoms with Crippen LogP contribution in [0.2, 0.25) is 0 Å². The molecular formula is C14H19FN2O. The highest BCUT2D eigenvalue weighted by atomic mass is 19.1. The number of halogens is 1. The van der Waals surface area contributed by atoms with Crippen LogP contribution in [0.15, 0.2) is 18.2 Å². The summed E-state index contributed by atoms with van der Waals surface area (Å²) in [6, 6.07) is 4.00. The van der Waals surface area contributed by atoms with Crippen LogP contribution in [0, 0.1) is 11.2 Å². The largest absolute Gasteiger partial charge is 0.398 e. The minimum absolute atomic E-state index is 0.0950. The lowest BCUT2D eigenvalue weighted by molar-refractivity contribution is 0.0910. The Hall–Kier alpha value is -1.58. The van der Waals surface area contributed by atoms with E-state index in [0.29, 0.717) is 5.69 Å². The van der Waals surface area contributed by atoms with Crippen molar-refractivity contribution in [3.8, 4) is 0 Å². The lowest BCUT2D eigenvalue weighted by Crippen LogP contribution is -2.41. The molecule has 0 bridgehead atoms. The predicted octanol–water partition coefficient (Wildman–Crippen LogP) is 2.72. The van der Waals surface area contributed by atoms with Crippen molar-refractivity contribution in [1.82, 2.24) is 5.32 Å². The summed E-state index contributed by atoms with van der Waals surface area (Å²) in [6.45, 7) is 4.28. The van der Waals surface area contributed by atoms with E-state index in [2.05, 4.69) is 19.2 Å². The van der Waals surface area contributed by atoms with Gasteiger partial charge in [0.25, 0.3) is 5.91 Å². The zero-order valence-corrected chi connectivity index (χ0v) is 10.8.